The van der Waals surface area contributed by atoms with Crippen LogP contribution in [0.25, 0.3) is 0 Å². The molecule has 1 aromatic heterocycles. The third kappa shape index (κ3) is 3.51. The van der Waals surface area contributed by atoms with E-state index in [1.807, 2.05) is 42.2 Å². The Morgan fingerprint density at radius 2 is 2.14 bits per heavy atom. The minimum atomic E-state index is -0.0553. The van der Waals surface area contributed by atoms with Crippen LogP contribution in [-0.2, 0) is 16.1 Å². The van der Waals surface area contributed by atoms with Gasteiger partial charge in [-0.05, 0) is 12.5 Å². The second-order valence-corrected chi connectivity index (χ2v) is 5.55. The first-order valence-corrected chi connectivity index (χ1v) is 7.53. The number of benzene rings is 1. The lowest BCUT2D eigenvalue weighted by Crippen LogP contribution is -2.46. The number of hydrogen-bond donors (Lipinski definition) is 0. The third-order valence-corrected chi connectivity index (χ3v) is 3.81. The van der Waals surface area contributed by atoms with Crippen molar-refractivity contribution in [3.8, 4) is 0 Å². The Hall–Kier alpha value is -2.21. The minimum absolute atomic E-state index is 0.0364. The maximum atomic E-state index is 12.4. The monoisotopic (exact) mass is 300 g/mol. The van der Waals surface area contributed by atoms with Crippen LogP contribution in [0.15, 0.2) is 43.0 Å². The van der Waals surface area contributed by atoms with Gasteiger partial charge in [-0.25, -0.2) is 4.98 Å². The Bertz CT molecular complexity index is 600. The number of rotatable bonds is 4. The van der Waals surface area contributed by atoms with Crippen LogP contribution in [0.1, 0.15) is 25.0 Å². The zero-order chi connectivity index (χ0) is 15.4. The van der Waals surface area contributed by atoms with E-state index in [1.54, 1.807) is 11.0 Å². The number of amides is 1. The molecular formula is C16H20N4O2. The average Bonchev–Trinajstić information content (AvgIpc) is 3.06. The molecule has 1 aromatic carbocycles. The van der Waals surface area contributed by atoms with Crippen molar-refractivity contribution >= 4 is 5.91 Å². The molecule has 2 atom stereocenters. The Balaban J connectivity index is 1.61. The fourth-order valence-electron chi connectivity index (χ4n) is 2.72. The van der Waals surface area contributed by atoms with Crippen molar-refractivity contribution in [2.75, 3.05) is 13.1 Å². The molecule has 1 saturated heterocycles. The Morgan fingerprint density at radius 1 is 1.32 bits per heavy atom. The number of nitrogens with zero attached hydrogens (tertiary/aromatic N) is 4. The molecule has 1 aliphatic heterocycles. The molecular weight excluding hydrogens is 280 g/mol. The molecule has 22 heavy (non-hydrogen) atoms. The van der Waals surface area contributed by atoms with Crippen LogP contribution >= 0.6 is 0 Å². The molecule has 1 fully saturated rings. The van der Waals surface area contributed by atoms with Crippen molar-refractivity contribution in [2.45, 2.75) is 32.1 Å². The van der Waals surface area contributed by atoms with Gasteiger partial charge in [-0.3, -0.25) is 9.48 Å². The summed E-state index contributed by atoms with van der Waals surface area (Å²) >= 11 is 0. The van der Waals surface area contributed by atoms with E-state index in [0.29, 0.717) is 26.1 Å². The Labute approximate surface area is 129 Å². The van der Waals surface area contributed by atoms with E-state index < -0.39 is 0 Å². The van der Waals surface area contributed by atoms with Gasteiger partial charge in [0.25, 0.3) is 0 Å². The number of aromatic nitrogens is 3. The Kier molecular flexibility index (Phi) is 4.48. The maximum Gasteiger partial charge on any atom is 0.224 e. The van der Waals surface area contributed by atoms with Gasteiger partial charge in [0.15, 0.2) is 0 Å². The van der Waals surface area contributed by atoms with E-state index in [1.165, 1.54) is 6.33 Å². The Morgan fingerprint density at radius 3 is 2.86 bits per heavy atom. The molecule has 0 unspecified atom stereocenters. The average molecular weight is 300 g/mol. The highest BCUT2D eigenvalue weighted by Crippen LogP contribution is 2.25. The summed E-state index contributed by atoms with van der Waals surface area (Å²) in [6, 6.07) is 10.1. The summed E-state index contributed by atoms with van der Waals surface area (Å²) in [5, 5.41) is 4.02. The van der Waals surface area contributed by atoms with Gasteiger partial charge in [-0.1, -0.05) is 30.3 Å². The second-order valence-electron chi connectivity index (χ2n) is 5.55. The molecule has 6 nitrogen and oxygen atoms in total. The first-order valence-electron chi connectivity index (χ1n) is 7.53. The van der Waals surface area contributed by atoms with Crippen molar-refractivity contribution in [2.24, 2.45) is 0 Å². The van der Waals surface area contributed by atoms with E-state index in [4.69, 9.17) is 4.74 Å². The number of aryl methyl sites for hydroxylation is 1. The van der Waals surface area contributed by atoms with Crippen molar-refractivity contribution in [3.63, 3.8) is 0 Å². The van der Waals surface area contributed by atoms with Gasteiger partial charge < -0.3 is 9.64 Å². The van der Waals surface area contributed by atoms with Gasteiger partial charge in [-0.15, -0.1) is 0 Å². The zero-order valence-corrected chi connectivity index (χ0v) is 12.6. The molecule has 116 valence electrons. The highest BCUT2D eigenvalue weighted by atomic mass is 16.5. The summed E-state index contributed by atoms with van der Waals surface area (Å²) in [5.74, 6) is 0.131. The van der Waals surface area contributed by atoms with E-state index in [0.717, 1.165) is 5.56 Å². The van der Waals surface area contributed by atoms with Crippen LogP contribution in [-0.4, -0.2) is 44.8 Å². The van der Waals surface area contributed by atoms with E-state index in [9.17, 15) is 4.79 Å². The number of ether oxygens (including phenoxy) is 1. The molecule has 2 aromatic rings. The van der Waals surface area contributed by atoms with Gasteiger partial charge in [-0.2, -0.15) is 5.10 Å². The first kappa shape index (κ1) is 14.7. The van der Waals surface area contributed by atoms with Gasteiger partial charge in [0.2, 0.25) is 5.91 Å². The van der Waals surface area contributed by atoms with Crippen molar-refractivity contribution in [1.29, 1.82) is 0 Å². The molecule has 1 amide bonds. The highest BCUT2D eigenvalue weighted by molar-refractivity contribution is 5.76. The van der Waals surface area contributed by atoms with Crippen LogP contribution in [0.3, 0.4) is 0 Å². The van der Waals surface area contributed by atoms with Crippen LogP contribution < -0.4 is 0 Å². The summed E-state index contributed by atoms with van der Waals surface area (Å²) in [5.41, 5.74) is 1.11. The van der Waals surface area contributed by atoms with E-state index in [-0.39, 0.29) is 18.1 Å². The van der Waals surface area contributed by atoms with Crippen LogP contribution in [0.5, 0.6) is 0 Å². The summed E-state index contributed by atoms with van der Waals surface area (Å²) in [6.45, 7) is 3.80. The number of morpholine rings is 1. The van der Waals surface area contributed by atoms with Crippen molar-refractivity contribution in [3.05, 3.63) is 48.5 Å². The number of hydrogen-bond acceptors (Lipinski definition) is 4. The molecule has 3 rings (SSSR count). The van der Waals surface area contributed by atoms with Gasteiger partial charge >= 0.3 is 0 Å². The molecule has 0 aliphatic carbocycles. The molecule has 1 aliphatic rings. The minimum Gasteiger partial charge on any atom is -0.367 e. The molecule has 0 radical (unpaired) electrons. The maximum absolute atomic E-state index is 12.4. The summed E-state index contributed by atoms with van der Waals surface area (Å²) in [6.07, 6.45) is 3.52. The largest absolute Gasteiger partial charge is 0.367 e. The predicted octanol–water partition coefficient (Wildman–Crippen LogP) is 1.66. The molecule has 0 saturated carbocycles. The van der Waals surface area contributed by atoms with Gasteiger partial charge in [0, 0.05) is 13.0 Å². The van der Waals surface area contributed by atoms with Crippen LogP contribution in [0.2, 0.25) is 0 Å². The lowest BCUT2D eigenvalue weighted by Gasteiger charge is -2.37. The number of carbonyl (C=O) groups is 1. The number of carbonyl (C=O) groups excluding carboxylic acids is 1. The molecule has 0 spiro atoms. The quantitative estimate of drug-likeness (QED) is 0.861. The highest BCUT2D eigenvalue weighted by Gasteiger charge is 2.29. The first-order chi connectivity index (χ1) is 10.7. The second kappa shape index (κ2) is 6.70. The fraction of sp³-hybridized carbons (Fsp3) is 0.438. The fourth-order valence-corrected chi connectivity index (χ4v) is 2.72. The van der Waals surface area contributed by atoms with Crippen LogP contribution in [0.4, 0.5) is 0 Å². The normalized spacial score (nSPS) is 21.8. The summed E-state index contributed by atoms with van der Waals surface area (Å²) < 4.78 is 7.66. The van der Waals surface area contributed by atoms with Gasteiger partial charge in [0.1, 0.15) is 18.8 Å². The topological polar surface area (TPSA) is 60.2 Å². The smallest absolute Gasteiger partial charge is 0.224 e. The standard InChI is InChI=1S/C16H20N4O2/c1-13-9-19(16(21)7-8-20-12-17-11-18-20)10-15(22-13)14-5-3-2-4-6-14/h2-6,11-13,15H,7-10H2,1H3/t13-,15-/m1/s1. The van der Waals surface area contributed by atoms with Crippen molar-refractivity contribution < 1.29 is 9.53 Å². The van der Waals surface area contributed by atoms with Gasteiger partial charge in [0.05, 0.1) is 19.2 Å². The van der Waals surface area contributed by atoms with Crippen LogP contribution in [0, 0.1) is 0 Å². The predicted molar refractivity (Wildman–Crippen MR) is 80.9 cm³/mol. The molecule has 0 bridgehead atoms. The summed E-state index contributed by atoms with van der Waals surface area (Å²) in [4.78, 5) is 18.2. The van der Waals surface area contributed by atoms with Crippen molar-refractivity contribution in [1.82, 2.24) is 19.7 Å². The van der Waals surface area contributed by atoms with E-state index >= 15 is 0 Å². The molecule has 0 N–H and O–H groups in total. The van der Waals surface area contributed by atoms with E-state index in [2.05, 4.69) is 10.1 Å². The molecule has 2 heterocycles. The molecule has 6 heteroatoms. The third-order valence-electron chi connectivity index (χ3n) is 3.81. The lowest BCUT2D eigenvalue weighted by atomic mass is 10.1. The summed E-state index contributed by atoms with van der Waals surface area (Å²) in [7, 11) is 0. The SMILES string of the molecule is C[C@@H]1CN(C(=O)CCn2cncn2)C[C@H](c2ccccc2)O1. The lowest BCUT2D eigenvalue weighted by molar-refractivity contribution is -0.145. The zero-order valence-electron chi connectivity index (χ0n) is 12.6.